The molecule has 0 amide bonds. The summed E-state index contributed by atoms with van der Waals surface area (Å²) < 4.78 is 16.0. The van der Waals surface area contributed by atoms with Crippen LogP contribution in [-0.4, -0.2) is 31.8 Å². The van der Waals surface area contributed by atoms with Crippen molar-refractivity contribution in [2.45, 2.75) is 47.0 Å². The van der Waals surface area contributed by atoms with Gasteiger partial charge in [0.25, 0.3) is 0 Å². The summed E-state index contributed by atoms with van der Waals surface area (Å²) in [6.45, 7) is 9.26. The van der Waals surface area contributed by atoms with Gasteiger partial charge in [-0.05, 0) is 42.5 Å². The molecular weight excluding hydrogens is 332 g/mol. The minimum absolute atomic E-state index is 0.111. The van der Waals surface area contributed by atoms with Crippen LogP contribution in [0.1, 0.15) is 52.5 Å². The highest BCUT2D eigenvalue weighted by molar-refractivity contribution is 5.98. The van der Waals surface area contributed by atoms with E-state index in [0.29, 0.717) is 25.7 Å². The Labute approximate surface area is 156 Å². The van der Waals surface area contributed by atoms with Crippen LogP contribution in [0.3, 0.4) is 0 Å². The van der Waals surface area contributed by atoms with Crippen LogP contribution >= 0.6 is 0 Å². The fraction of sp³-hybridized carbons (Fsp3) is 0.524. The fourth-order valence-corrected chi connectivity index (χ4v) is 2.05. The summed E-state index contributed by atoms with van der Waals surface area (Å²) in [5, 5.41) is 0. The quantitative estimate of drug-likeness (QED) is 0.431. The molecule has 1 aromatic carbocycles. The molecule has 0 spiro atoms. The van der Waals surface area contributed by atoms with Crippen molar-refractivity contribution in [2.24, 2.45) is 5.92 Å². The lowest BCUT2D eigenvalue weighted by Crippen LogP contribution is -2.14. The highest BCUT2D eigenvalue weighted by Gasteiger charge is 2.16. The van der Waals surface area contributed by atoms with E-state index in [9.17, 15) is 9.59 Å². The number of carbonyl (C=O) groups is 2. The van der Waals surface area contributed by atoms with Crippen LogP contribution in [0.4, 0.5) is 0 Å². The smallest absolute Gasteiger partial charge is 0.334 e. The Kier molecular flexibility index (Phi) is 10.1. The van der Waals surface area contributed by atoms with Crippen molar-refractivity contribution in [1.82, 2.24) is 0 Å². The normalized spacial score (nSPS) is 11.3. The third-order valence-corrected chi connectivity index (χ3v) is 3.28. The van der Waals surface area contributed by atoms with Gasteiger partial charge in [0.15, 0.2) is 0 Å². The van der Waals surface area contributed by atoms with Crippen LogP contribution in [0, 0.1) is 5.92 Å². The topological polar surface area (TPSA) is 61.8 Å². The van der Waals surface area contributed by atoms with Crippen LogP contribution in [0.25, 0.3) is 6.08 Å². The number of ether oxygens (including phenoxy) is 3. The summed E-state index contributed by atoms with van der Waals surface area (Å²) in [6.07, 6.45) is 3.01. The van der Waals surface area contributed by atoms with Crippen molar-refractivity contribution < 1.29 is 23.8 Å². The molecule has 0 saturated heterocycles. The van der Waals surface area contributed by atoms with Gasteiger partial charge in [0, 0.05) is 5.57 Å². The lowest BCUT2D eigenvalue weighted by Gasteiger charge is -2.10. The number of rotatable bonds is 11. The molecule has 0 aliphatic heterocycles. The van der Waals surface area contributed by atoms with E-state index in [1.54, 1.807) is 6.08 Å². The molecule has 0 bridgehead atoms. The molecule has 5 nitrogen and oxygen atoms in total. The molecule has 0 aromatic heterocycles. The monoisotopic (exact) mass is 362 g/mol. The van der Waals surface area contributed by atoms with E-state index in [0.717, 1.165) is 24.2 Å². The maximum absolute atomic E-state index is 12.3. The number of benzene rings is 1. The van der Waals surface area contributed by atoms with Gasteiger partial charge >= 0.3 is 11.9 Å². The summed E-state index contributed by atoms with van der Waals surface area (Å²) in [5.41, 5.74) is 1.05. The van der Waals surface area contributed by atoms with Gasteiger partial charge in [-0.25, -0.2) is 4.79 Å². The van der Waals surface area contributed by atoms with Crippen LogP contribution < -0.4 is 4.74 Å². The van der Waals surface area contributed by atoms with Crippen molar-refractivity contribution in [3.05, 3.63) is 35.4 Å². The minimum atomic E-state index is -0.492. The molecule has 0 aliphatic rings. The first-order valence-corrected chi connectivity index (χ1v) is 9.22. The molecule has 26 heavy (non-hydrogen) atoms. The highest BCUT2D eigenvalue weighted by Crippen LogP contribution is 2.19. The van der Waals surface area contributed by atoms with Gasteiger partial charge in [-0.3, -0.25) is 4.79 Å². The van der Waals surface area contributed by atoms with Crippen LogP contribution in [0.2, 0.25) is 0 Å². The third-order valence-electron chi connectivity index (χ3n) is 3.28. The summed E-state index contributed by atoms with van der Waals surface area (Å²) >= 11 is 0. The van der Waals surface area contributed by atoms with E-state index in [1.165, 1.54) is 0 Å². The second kappa shape index (κ2) is 12.1. The van der Waals surface area contributed by atoms with E-state index in [4.69, 9.17) is 14.2 Å². The molecule has 0 aliphatic carbocycles. The van der Waals surface area contributed by atoms with Crippen molar-refractivity contribution >= 4 is 18.0 Å². The largest absolute Gasteiger partial charge is 0.493 e. The first-order valence-electron chi connectivity index (χ1n) is 9.22. The fourth-order valence-electron chi connectivity index (χ4n) is 2.05. The van der Waals surface area contributed by atoms with Gasteiger partial charge in [-0.2, -0.15) is 0 Å². The molecule has 1 rings (SSSR count). The predicted molar refractivity (Wildman–Crippen MR) is 102 cm³/mol. The van der Waals surface area contributed by atoms with E-state index >= 15 is 0 Å². The lowest BCUT2D eigenvalue weighted by atomic mass is 10.1. The SMILES string of the molecule is CCCOC(=O)CC(=Cc1cccc(OCC(C)C)c1)C(=O)OCCC. The molecule has 0 saturated carbocycles. The minimum Gasteiger partial charge on any atom is -0.493 e. The van der Waals surface area contributed by atoms with Crippen LogP contribution in [-0.2, 0) is 19.1 Å². The first-order chi connectivity index (χ1) is 12.5. The number of hydrogen-bond acceptors (Lipinski definition) is 5. The van der Waals surface area contributed by atoms with Gasteiger partial charge in [-0.15, -0.1) is 0 Å². The van der Waals surface area contributed by atoms with Crippen LogP contribution in [0.15, 0.2) is 29.8 Å². The summed E-state index contributed by atoms with van der Waals surface area (Å²) in [7, 11) is 0. The zero-order valence-electron chi connectivity index (χ0n) is 16.2. The lowest BCUT2D eigenvalue weighted by molar-refractivity contribution is -0.146. The average molecular weight is 362 g/mol. The summed E-state index contributed by atoms with van der Waals surface area (Å²) in [5.74, 6) is 0.219. The molecule has 0 radical (unpaired) electrons. The molecule has 1 aromatic rings. The predicted octanol–water partition coefficient (Wildman–Crippen LogP) is 4.40. The van der Waals surface area contributed by atoms with Gasteiger partial charge in [-0.1, -0.05) is 39.8 Å². The van der Waals surface area contributed by atoms with Gasteiger partial charge in [0.05, 0.1) is 26.2 Å². The Balaban J connectivity index is 2.94. The molecule has 0 atom stereocenters. The van der Waals surface area contributed by atoms with Gasteiger partial charge in [0.2, 0.25) is 0 Å². The molecule has 144 valence electrons. The molecular formula is C21H30O5. The van der Waals surface area contributed by atoms with E-state index < -0.39 is 11.9 Å². The number of hydrogen-bond donors (Lipinski definition) is 0. The zero-order chi connectivity index (χ0) is 19.4. The Morgan fingerprint density at radius 1 is 1.08 bits per heavy atom. The van der Waals surface area contributed by atoms with E-state index in [2.05, 4.69) is 13.8 Å². The highest BCUT2D eigenvalue weighted by atomic mass is 16.5. The average Bonchev–Trinajstić information content (AvgIpc) is 2.62. The second-order valence-electron chi connectivity index (χ2n) is 6.48. The maximum atomic E-state index is 12.3. The molecule has 0 heterocycles. The molecule has 5 heteroatoms. The van der Waals surface area contributed by atoms with Gasteiger partial charge in [0.1, 0.15) is 5.75 Å². The van der Waals surface area contributed by atoms with Gasteiger partial charge < -0.3 is 14.2 Å². The Hall–Kier alpha value is -2.30. The Morgan fingerprint density at radius 2 is 1.77 bits per heavy atom. The van der Waals surface area contributed by atoms with Crippen molar-refractivity contribution in [2.75, 3.05) is 19.8 Å². The molecule has 0 N–H and O–H groups in total. The first kappa shape index (κ1) is 21.7. The van der Waals surface area contributed by atoms with Crippen molar-refractivity contribution in [3.63, 3.8) is 0 Å². The summed E-state index contributed by atoms with van der Waals surface area (Å²) in [6, 6.07) is 7.41. The van der Waals surface area contributed by atoms with Crippen LogP contribution in [0.5, 0.6) is 5.75 Å². The van der Waals surface area contributed by atoms with Crippen molar-refractivity contribution in [3.8, 4) is 5.75 Å². The standard InChI is InChI=1S/C21H30O5/c1-5-10-24-20(22)14-18(21(23)25-11-6-2)12-17-8-7-9-19(13-17)26-15-16(3)4/h7-9,12-13,16H,5-6,10-11,14-15H2,1-4H3. The number of esters is 2. The zero-order valence-corrected chi connectivity index (χ0v) is 16.2. The van der Waals surface area contributed by atoms with Crippen molar-refractivity contribution in [1.29, 1.82) is 0 Å². The molecule has 0 fully saturated rings. The Morgan fingerprint density at radius 3 is 2.42 bits per heavy atom. The second-order valence-corrected chi connectivity index (χ2v) is 6.48. The summed E-state index contributed by atoms with van der Waals surface area (Å²) in [4.78, 5) is 24.2. The molecule has 0 unspecified atom stereocenters. The Bertz CT molecular complexity index is 604. The maximum Gasteiger partial charge on any atom is 0.334 e. The van der Waals surface area contributed by atoms with E-state index in [1.807, 2.05) is 38.1 Å². The number of carbonyl (C=O) groups excluding carboxylic acids is 2. The third kappa shape index (κ3) is 8.70. The van der Waals surface area contributed by atoms with E-state index in [-0.39, 0.29) is 12.0 Å².